The zero-order valence-corrected chi connectivity index (χ0v) is 46.8. The zero-order chi connectivity index (χ0) is 51.8. The molecule has 368 valence electrons. The maximum Gasteiger partial charge on any atom is 0.0541 e. The first-order chi connectivity index (χ1) is 33.5. The molecule has 0 N–H and O–H groups in total. The average molecular weight is 947 g/mol. The fourth-order valence-corrected chi connectivity index (χ4v) is 11.3. The van der Waals surface area contributed by atoms with Crippen molar-refractivity contribution in [3.05, 3.63) is 179 Å². The van der Waals surface area contributed by atoms with E-state index in [9.17, 15) is 0 Å². The quantitative estimate of drug-likeness (QED) is 0.156. The zero-order valence-electron chi connectivity index (χ0n) is 46.8. The van der Waals surface area contributed by atoms with E-state index in [0.29, 0.717) is 0 Å². The Morgan fingerprint density at radius 3 is 1.24 bits per heavy atom. The van der Waals surface area contributed by atoms with Gasteiger partial charge in [-0.3, -0.25) is 0 Å². The lowest BCUT2D eigenvalue weighted by Gasteiger charge is -2.36. The van der Waals surface area contributed by atoms with Crippen LogP contribution in [0.25, 0.3) is 70.9 Å². The molecular weight excluding hydrogens is 869 g/mol. The second kappa shape index (κ2) is 16.6. The number of rotatable bonds is 5. The molecular formula is C70H78N2. The molecule has 0 saturated carbocycles. The first-order valence-corrected chi connectivity index (χ1v) is 26.5. The molecule has 10 rings (SSSR count). The summed E-state index contributed by atoms with van der Waals surface area (Å²) in [4.78, 5) is 2.61. The van der Waals surface area contributed by atoms with Crippen molar-refractivity contribution < 1.29 is 0 Å². The summed E-state index contributed by atoms with van der Waals surface area (Å²) >= 11 is 0. The maximum atomic E-state index is 2.61. The van der Waals surface area contributed by atoms with Crippen LogP contribution in [-0.4, -0.2) is 4.57 Å². The molecule has 10 aromatic rings. The van der Waals surface area contributed by atoms with Crippen molar-refractivity contribution in [2.45, 2.75) is 157 Å². The second-order valence-electron chi connectivity index (χ2n) is 27.3. The Hall–Kier alpha value is -6.38. The molecule has 0 atom stereocenters. The van der Waals surface area contributed by atoms with Crippen LogP contribution in [0.1, 0.15) is 158 Å². The van der Waals surface area contributed by atoms with Crippen molar-refractivity contribution in [2.24, 2.45) is 0 Å². The first kappa shape index (κ1) is 49.2. The molecule has 0 saturated heterocycles. The highest BCUT2D eigenvalue weighted by atomic mass is 15.1. The standard InChI is InChI=1S/C70H78N2/c1-65(2,3)46-28-34-60-54(39-46)55-40-47(66(4,5)6)29-35-61(55)72(60)59-33-27-45-24-30-52-58(32-26-44-25-31-53(59)63(45)62(44)52)71(50-37-48(67(7,8)9)36-49(38-50)68(10,11)12)51-41-56(69(13,14)15)64(43-22-20-19-21-23-43)57(42-51)70(16,17)18/h19-42H,1-18H3. The molecule has 0 radical (unpaired) electrons. The lowest BCUT2D eigenvalue weighted by Crippen LogP contribution is -2.22. The Bertz CT molecular complexity index is 3580. The summed E-state index contributed by atoms with van der Waals surface area (Å²) in [5.41, 5.74) is 17.5. The molecule has 0 spiro atoms. The lowest BCUT2D eigenvalue weighted by molar-refractivity contribution is 0.568. The predicted molar refractivity (Wildman–Crippen MR) is 317 cm³/mol. The van der Waals surface area contributed by atoms with Crippen molar-refractivity contribution in [2.75, 3.05) is 4.90 Å². The summed E-state index contributed by atoms with van der Waals surface area (Å²) in [5, 5.41) is 10.2. The van der Waals surface area contributed by atoms with E-state index in [-0.39, 0.29) is 32.5 Å². The van der Waals surface area contributed by atoms with E-state index < -0.39 is 0 Å². The lowest BCUT2D eigenvalue weighted by atomic mass is 9.74. The summed E-state index contributed by atoms with van der Waals surface area (Å²) in [6.45, 7) is 42.3. The number of anilines is 3. The van der Waals surface area contributed by atoms with Crippen LogP contribution in [0.4, 0.5) is 17.1 Å². The van der Waals surface area contributed by atoms with E-state index in [1.54, 1.807) is 0 Å². The van der Waals surface area contributed by atoms with Gasteiger partial charge in [0.05, 0.1) is 22.4 Å². The maximum absolute atomic E-state index is 2.61. The van der Waals surface area contributed by atoms with Crippen molar-refractivity contribution in [1.82, 2.24) is 4.57 Å². The van der Waals surface area contributed by atoms with Gasteiger partial charge in [-0.15, -0.1) is 0 Å². The summed E-state index contributed by atoms with van der Waals surface area (Å²) in [5.74, 6) is 0. The number of aromatic nitrogens is 1. The Balaban J connectivity index is 1.31. The molecule has 0 amide bonds. The van der Waals surface area contributed by atoms with E-state index >= 15 is 0 Å². The molecule has 9 aromatic carbocycles. The van der Waals surface area contributed by atoms with Crippen LogP contribution in [0.2, 0.25) is 0 Å². The van der Waals surface area contributed by atoms with Gasteiger partial charge in [0.25, 0.3) is 0 Å². The van der Waals surface area contributed by atoms with E-state index in [1.807, 2.05) is 0 Å². The van der Waals surface area contributed by atoms with E-state index in [0.717, 1.165) is 0 Å². The molecule has 0 unspecified atom stereocenters. The van der Waals surface area contributed by atoms with Gasteiger partial charge < -0.3 is 9.47 Å². The molecule has 0 bridgehead atoms. The van der Waals surface area contributed by atoms with Crippen LogP contribution in [0.5, 0.6) is 0 Å². The van der Waals surface area contributed by atoms with Crippen molar-refractivity contribution >= 4 is 71.2 Å². The molecule has 2 nitrogen and oxygen atoms in total. The van der Waals surface area contributed by atoms with Crippen molar-refractivity contribution in [3.8, 4) is 16.8 Å². The largest absolute Gasteiger partial charge is 0.310 e. The van der Waals surface area contributed by atoms with Crippen molar-refractivity contribution in [1.29, 1.82) is 0 Å². The molecule has 0 aliphatic rings. The monoisotopic (exact) mass is 947 g/mol. The van der Waals surface area contributed by atoms with Crippen LogP contribution in [0.15, 0.2) is 146 Å². The average Bonchev–Trinajstić information content (AvgIpc) is 3.62. The molecule has 0 aliphatic heterocycles. The summed E-state index contributed by atoms with van der Waals surface area (Å²) in [7, 11) is 0. The smallest absolute Gasteiger partial charge is 0.0541 e. The summed E-state index contributed by atoms with van der Waals surface area (Å²) in [6, 6.07) is 56.9. The van der Waals surface area contributed by atoms with Gasteiger partial charge in [0.2, 0.25) is 0 Å². The minimum atomic E-state index is -0.148. The van der Waals surface area contributed by atoms with E-state index in [2.05, 4.69) is 280 Å². The molecule has 72 heavy (non-hydrogen) atoms. The minimum absolute atomic E-state index is 0.0256. The van der Waals surface area contributed by atoms with E-state index in [4.69, 9.17) is 0 Å². The number of hydrogen-bond acceptors (Lipinski definition) is 1. The fourth-order valence-electron chi connectivity index (χ4n) is 11.3. The molecule has 0 aliphatic carbocycles. The molecule has 1 heterocycles. The first-order valence-electron chi connectivity index (χ1n) is 26.5. The van der Waals surface area contributed by atoms with Gasteiger partial charge in [0.1, 0.15) is 0 Å². The Kier molecular flexibility index (Phi) is 11.3. The third-order valence-corrected chi connectivity index (χ3v) is 15.6. The van der Waals surface area contributed by atoms with Crippen LogP contribution < -0.4 is 4.90 Å². The Morgan fingerprint density at radius 1 is 0.333 bits per heavy atom. The number of nitrogens with zero attached hydrogens (tertiary/aromatic N) is 2. The highest BCUT2D eigenvalue weighted by Gasteiger charge is 2.32. The van der Waals surface area contributed by atoms with Crippen LogP contribution in [0.3, 0.4) is 0 Å². The minimum Gasteiger partial charge on any atom is -0.310 e. The third kappa shape index (κ3) is 8.47. The topological polar surface area (TPSA) is 8.17 Å². The second-order valence-corrected chi connectivity index (χ2v) is 27.3. The van der Waals surface area contributed by atoms with Gasteiger partial charge >= 0.3 is 0 Å². The molecule has 1 aromatic heterocycles. The van der Waals surface area contributed by atoms with E-state index in [1.165, 1.54) is 121 Å². The highest BCUT2D eigenvalue weighted by molar-refractivity contribution is 6.27. The Morgan fingerprint density at radius 2 is 0.764 bits per heavy atom. The van der Waals surface area contributed by atoms with Crippen LogP contribution in [-0.2, 0) is 32.5 Å². The fraction of sp³-hybridized carbons (Fsp3) is 0.343. The van der Waals surface area contributed by atoms with Gasteiger partial charge in [-0.05, 0) is 159 Å². The Labute approximate surface area is 431 Å². The van der Waals surface area contributed by atoms with Gasteiger partial charge in [0.15, 0.2) is 0 Å². The summed E-state index contributed by atoms with van der Waals surface area (Å²) < 4.78 is 2.55. The third-order valence-electron chi connectivity index (χ3n) is 15.6. The van der Waals surface area contributed by atoms with Crippen molar-refractivity contribution in [3.63, 3.8) is 0 Å². The van der Waals surface area contributed by atoms with Gasteiger partial charge in [0, 0.05) is 32.9 Å². The van der Waals surface area contributed by atoms with Gasteiger partial charge in [-0.25, -0.2) is 0 Å². The molecule has 0 fully saturated rings. The van der Waals surface area contributed by atoms with Crippen LogP contribution >= 0.6 is 0 Å². The normalized spacial score (nSPS) is 13.4. The predicted octanol–water partition coefficient (Wildman–Crippen LogP) is 20.6. The molecule has 2 heteroatoms. The summed E-state index contributed by atoms with van der Waals surface area (Å²) in [6.07, 6.45) is 0. The number of fused-ring (bicyclic) bond motifs is 3. The SMILES string of the molecule is CC(C)(C)c1cc(N(c2cc(C(C)(C)C)c(-c3ccccc3)c(C(C)(C)C)c2)c2ccc3ccc4c(-n5c6ccc(C(C)(C)C)cc6c6cc(C(C)(C)C)ccc65)ccc5ccc2c3c54)cc(C(C)(C)C)c1. The number of hydrogen-bond donors (Lipinski definition) is 0. The van der Waals surface area contributed by atoms with Crippen LogP contribution in [0, 0.1) is 0 Å². The highest BCUT2D eigenvalue weighted by Crippen LogP contribution is 2.51. The van der Waals surface area contributed by atoms with Gasteiger partial charge in [-0.1, -0.05) is 210 Å². The number of benzene rings is 9. The van der Waals surface area contributed by atoms with Gasteiger partial charge in [-0.2, -0.15) is 0 Å².